The van der Waals surface area contributed by atoms with Gasteiger partial charge in [-0.05, 0) is 44.1 Å². The molecular formula is C18H38N2. The summed E-state index contributed by atoms with van der Waals surface area (Å²) in [6.45, 7) is 13.4. The first-order valence-electron chi connectivity index (χ1n) is 8.14. The fourth-order valence-electron chi connectivity index (χ4n) is 1.55. The Balaban J connectivity index is -0.000000479. The summed E-state index contributed by atoms with van der Waals surface area (Å²) < 4.78 is 0. The van der Waals surface area contributed by atoms with Gasteiger partial charge in [0.15, 0.2) is 0 Å². The molecule has 0 saturated heterocycles. The van der Waals surface area contributed by atoms with Crippen molar-refractivity contribution in [2.45, 2.75) is 60.4 Å². The molecule has 0 fully saturated rings. The topological polar surface area (TPSA) is 29.3 Å². The molecule has 0 atom stereocenters. The molecule has 0 bridgehead atoms. The highest BCUT2D eigenvalue weighted by Crippen LogP contribution is 2.06. The average Bonchev–Trinajstić information content (AvgIpc) is 2.50. The first kappa shape index (κ1) is 21.4. The fraction of sp³-hybridized carbons (Fsp3) is 0.667. The van der Waals surface area contributed by atoms with E-state index in [-0.39, 0.29) is 1.43 Å². The molecule has 0 aliphatic carbocycles. The maximum absolute atomic E-state index is 5.55. The lowest BCUT2D eigenvalue weighted by Crippen LogP contribution is -2.19. The molecule has 0 unspecified atom stereocenters. The van der Waals surface area contributed by atoms with Gasteiger partial charge in [-0.2, -0.15) is 0 Å². The molecule has 2 nitrogen and oxygen atoms in total. The molecule has 0 aliphatic heterocycles. The summed E-state index contributed by atoms with van der Waals surface area (Å²) in [5, 5.41) is 0. The van der Waals surface area contributed by atoms with Crippen LogP contribution in [0.25, 0.3) is 0 Å². The van der Waals surface area contributed by atoms with Crippen molar-refractivity contribution in [3.63, 3.8) is 0 Å². The number of rotatable bonds is 6. The van der Waals surface area contributed by atoms with Gasteiger partial charge in [0, 0.05) is 7.97 Å². The standard InChI is InChI=1S/C13H22N2.C3H8.C2H6.H2/c1-3-15(2)10-4-5-12-6-8-13(11-14)9-7-12;1-3-2;1-2;/h6-9H,3-5,10-11,14H2,1-2H3;3H2,1-2H3;1-2H3;1H. The Morgan fingerprint density at radius 2 is 1.45 bits per heavy atom. The number of hydrogen-bond acceptors (Lipinski definition) is 2. The number of nitrogens with zero attached hydrogens (tertiary/aromatic N) is 1. The summed E-state index contributed by atoms with van der Waals surface area (Å²) in [6, 6.07) is 8.63. The van der Waals surface area contributed by atoms with Gasteiger partial charge in [-0.25, -0.2) is 0 Å². The van der Waals surface area contributed by atoms with Gasteiger partial charge in [-0.1, -0.05) is 65.3 Å². The van der Waals surface area contributed by atoms with Crippen molar-refractivity contribution in [2.24, 2.45) is 5.73 Å². The molecule has 120 valence electrons. The van der Waals surface area contributed by atoms with E-state index in [2.05, 4.69) is 57.0 Å². The van der Waals surface area contributed by atoms with Crippen LogP contribution in [0.3, 0.4) is 0 Å². The Morgan fingerprint density at radius 1 is 1.00 bits per heavy atom. The normalized spacial score (nSPS) is 9.40. The van der Waals surface area contributed by atoms with Gasteiger partial charge in [0.2, 0.25) is 0 Å². The Bertz CT molecular complexity index is 286. The fourth-order valence-corrected chi connectivity index (χ4v) is 1.55. The molecule has 0 spiro atoms. The number of aryl methyl sites for hydroxylation is 1. The summed E-state index contributed by atoms with van der Waals surface area (Å²) >= 11 is 0. The second-order valence-electron chi connectivity index (χ2n) is 4.73. The van der Waals surface area contributed by atoms with Crippen LogP contribution in [-0.4, -0.2) is 25.0 Å². The van der Waals surface area contributed by atoms with Crippen molar-refractivity contribution < 1.29 is 1.43 Å². The minimum atomic E-state index is 0. The maximum atomic E-state index is 5.55. The lowest BCUT2D eigenvalue weighted by molar-refractivity contribution is 0.347. The zero-order chi connectivity index (χ0) is 15.8. The molecule has 1 rings (SSSR count). The lowest BCUT2D eigenvalue weighted by atomic mass is 10.1. The zero-order valence-corrected chi connectivity index (χ0v) is 14.6. The molecule has 0 amide bonds. The molecule has 0 heterocycles. The predicted octanol–water partition coefficient (Wildman–Crippen LogP) is 4.72. The average molecular weight is 283 g/mol. The third-order valence-electron chi connectivity index (χ3n) is 2.80. The van der Waals surface area contributed by atoms with Crippen molar-refractivity contribution in [1.82, 2.24) is 4.90 Å². The molecule has 0 radical (unpaired) electrons. The van der Waals surface area contributed by atoms with Crippen LogP contribution < -0.4 is 5.73 Å². The van der Waals surface area contributed by atoms with Crippen LogP contribution in [0.15, 0.2) is 24.3 Å². The van der Waals surface area contributed by atoms with Crippen LogP contribution in [0.5, 0.6) is 0 Å². The predicted molar refractivity (Wildman–Crippen MR) is 95.3 cm³/mol. The number of nitrogens with two attached hydrogens (primary N) is 1. The van der Waals surface area contributed by atoms with Gasteiger partial charge in [0.25, 0.3) is 0 Å². The summed E-state index contributed by atoms with van der Waals surface area (Å²) in [7, 11) is 2.16. The van der Waals surface area contributed by atoms with E-state index in [0.717, 1.165) is 13.0 Å². The minimum absolute atomic E-state index is 0. The number of benzene rings is 1. The second kappa shape index (κ2) is 16.2. The molecule has 1 aromatic carbocycles. The first-order valence-corrected chi connectivity index (χ1v) is 8.14. The van der Waals surface area contributed by atoms with E-state index >= 15 is 0 Å². The molecule has 0 aliphatic rings. The Kier molecular flexibility index (Phi) is 17.4. The maximum Gasteiger partial charge on any atom is 0.0178 e. The van der Waals surface area contributed by atoms with E-state index < -0.39 is 0 Å². The highest BCUT2D eigenvalue weighted by molar-refractivity contribution is 5.22. The molecular weight excluding hydrogens is 244 g/mol. The smallest absolute Gasteiger partial charge is 0.0178 e. The van der Waals surface area contributed by atoms with Gasteiger partial charge in [0.1, 0.15) is 0 Å². The Labute approximate surface area is 128 Å². The van der Waals surface area contributed by atoms with Gasteiger partial charge in [-0.3, -0.25) is 0 Å². The summed E-state index contributed by atoms with van der Waals surface area (Å²) in [5.41, 5.74) is 8.18. The van der Waals surface area contributed by atoms with Crippen LogP contribution in [0.2, 0.25) is 0 Å². The molecule has 0 saturated carbocycles. The van der Waals surface area contributed by atoms with E-state index in [9.17, 15) is 0 Å². The van der Waals surface area contributed by atoms with Gasteiger partial charge in [-0.15, -0.1) is 0 Å². The highest BCUT2D eigenvalue weighted by atomic mass is 15.1. The number of hydrogen-bond donors (Lipinski definition) is 1. The van der Waals surface area contributed by atoms with Crippen molar-refractivity contribution in [1.29, 1.82) is 0 Å². The molecule has 2 heteroatoms. The summed E-state index contributed by atoms with van der Waals surface area (Å²) in [6.07, 6.45) is 3.64. The lowest BCUT2D eigenvalue weighted by Gasteiger charge is -2.13. The van der Waals surface area contributed by atoms with Crippen molar-refractivity contribution in [3.8, 4) is 0 Å². The molecule has 1 aromatic rings. The first-order chi connectivity index (χ1) is 9.67. The van der Waals surface area contributed by atoms with Gasteiger partial charge < -0.3 is 10.6 Å². The highest BCUT2D eigenvalue weighted by Gasteiger charge is 1.96. The zero-order valence-electron chi connectivity index (χ0n) is 14.6. The Hall–Kier alpha value is -0.860. The van der Waals surface area contributed by atoms with Crippen LogP contribution in [0.1, 0.15) is 60.0 Å². The SMILES string of the molecule is CC.CCC.CCN(C)CCCc1ccc(CN)cc1.[HH]. The van der Waals surface area contributed by atoms with Crippen molar-refractivity contribution >= 4 is 0 Å². The Morgan fingerprint density at radius 3 is 1.85 bits per heavy atom. The van der Waals surface area contributed by atoms with E-state index in [4.69, 9.17) is 5.73 Å². The molecule has 20 heavy (non-hydrogen) atoms. The summed E-state index contributed by atoms with van der Waals surface area (Å²) in [5.74, 6) is 0. The van der Waals surface area contributed by atoms with E-state index in [1.165, 1.54) is 30.5 Å². The van der Waals surface area contributed by atoms with E-state index in [1.54, 1.807) is 0 Å². The molecule has 2 N–H and O–H groups in total. The third kappa shape index (κ3) is 12.2. The van der Waals surface area contributed by atoms with Crippen LogP contribution >= 0.6 is 0 Å². The quantitative estimate of drug-likeness (QED) is 0.818. The minimum Gasteiger partial charge on any atom is -0.326 e. The van der Waals surface area contributed by atoms with Crippen molar-refractivity contribution in [3.05, 3.63) is 35.4 Å². The monoisotopic (exact) mass is 282 g/mol. The third-order valence-corrected chi connectivity index (χ3v) is 2.80. The van der Waals surface area contributed by atoms with Crippen LogP contribution in [0, 0.1) is 0 Å². The second-order valence-corrected chi connectivity index (χ2v) is 4.73. The largest absolute Gasteiger partial charge is 0.326 e. The van der Waals surface area contributed by atoms with Gasteiger partial charge >= 0.3 is 0 Å². The summed E-state index contributed by atoms with van der Waals surface area (Å²) in [4.78, 5) is 2.34. The van der Waals surface area contributed by atoms with E-state index in [0.29, 0.717) is 6.54 Å². The van der Waals surface area contributed by atoms with E-state index in [1.807, 2.05) is 13.8 Å². The van der Waals surface area contributed by atoms with Gasteiger partial charge in [0.05, 0.1) is 0 Å². The molecule has 0 aromatic heterocycles. The van der Waals surface area contributed by atoms with Crippen LogP contribution in [0.4, 0.5) is 0 Å². The van der Waals surface area contributed by atoms with Crippen LogP contribution in [-0.2, 0) is 13.0 Å². The van der Waals surface area contributed by atoms with Crippen molar-refractivity contribution in [2.75, 3.05) is 20.1 Å².